The van der Waals surface area contributed by atoms with E-state index in [1.54, 1.807) is 45.4 Å². The van der Waals surface area contributed by atoms with E-state index in [-0.39, 0.29) is 17.8 Å². The average molecular weight is 398 g/mol. The quantitative estimate of drug-likeness (QED) is 0.574. The van der Waals surface area contributed by atoms with Crippen LogP contribution in [-0.4, -0.2) is 54.3 Å². The summed E-state index contributed by atoms with van der Waals surface area (Å²) in [7, 11) is 1.34. The molecule has 146 valence electrons. The van der Waals surface area contributed by atoms with Crippen molar-refractivity contribution < 1.29 is 19.1 Å². The summed E-state index contributed by atoms with van der Waals surface area (Å²) in [5.74, 6) is -0.442. The minimum atomic E-state index is -0.387. The van der Waals surface area contributed by atoms with Crippen LogP contribution >= 0.6 is 11.3 Å². The molecule has 2 amide bonds. The summed E-state index contributed by atoms with van der Waals surface area (Å²) in [5.41, 5.74) is 1.40. The van der Waals surface area contributed by atoms with Gasteiger partial charge in [-0.3, -0.25) is 9.59 Å². The summed E-state index contributed by atoms with van der Waals surface area (Å²) in [4.78, 5) is 40.9. The van der Waals surface area contributed by atoms with Gasteiger partial charge in [0.05, 0.1) is 12.7 Å². The van der Waals surface area contributed by atoms with Gasteiger partial charge in [-0.05, 0) is 35.2 Å². The van der Waals surface area contributed by atoms with E-state index in [0.717, 1.165) is 10.4 Å². The summed E-state index contributed by atoms with van der Waals surface area (Å²) in [6, 6.07) is 10.9. The van der Waals surface area contributed by atoms with Gasteiger partial charge in [0.2, 0.25) is 11.8 Å². The van der Waals surface area contributed by atoms with Crippen LogP contribution in [0.15, 0.2) is 47.9 Å². The number of hydrogen-bond acceptors (Lipinski definition) is 5. The first-order valence-electron chi connectivity index (χ1n) is 9.02. The molecule has 2 aromatic rings. The first-order valence-corrected chi connectivity index (χ1v) is 9.90. The van der Waals surface area contributed by atoms with E-state index in [1.165, 1.54) is 7.11 Å². The Labute approximate surface area is 168 Å². The maximum Gasteiger partial charge on any atom is 0.337 e. The summed E-state index contributed by atoms with van der Waals surface area (Å²) in [6.45, 7) is 1.85. The van der Waals surface area contributed by atoms with E-state index in [1.807, 2.05) is 29.6 Å². The number of carbonyl (C=O) groups excluding carboxylic acids is 3. The fraction of sp³-hybridized carbons (Fsp3) is 0.286. The number of carbonyl (C=O) groups is 3. The second kappa shape index (κ2) is 9.32. The molecule has 1 fully saturated rings. The van der Waals surface area contributed by atoms with Crippen molar-refractivity contribution in [2.45, 2.75) is 13.0 Å². The van der Waals surface area contributed by atoms with Crippen molar-refractivity contribution in [2.75, 3.05) is 26.7 Å². The van der Waals surface area contributed by atoms with Crippen molar-refractivity contribution in [1.29, 1.82) is 0 Å². The SMILES string of the molecule is COC(=O)c1ccc(CN2CCN(C(=O)C=Cc3cccs3)CCC2=O)cc1. The molecule has 1 aromatic heterocycles. The molecule has 1 saturated heterocycles. The van der Waals surface area contributed by atoms with Crippen molar-refractivity contribution in [1.82, 2.24) is 9.80 Å². The molecule has 0 radical (unpaired) electrons. The normalized spacial score (nSPS) is 15.0. The van der Waals surface area contributed by atoms with Gasteiger partial charge in [0, 0.05) is 43.6 Å². The number of rotatable bonds is 5. The highest BCUT2D eigenvalue weighted by molar-refractivity contribution is 7.10. The number of ether oxygens (including phenoxy) is 1. The van der Waals surface area contributed by atoms with Crippen LogP contribution in [0, 0.1) is 0 Å². The molecule has 0 atom stereocenters. The van der Waals surface area contributed by atoms with Crippen LogP contribution in [-0.2, 0) is 20.9 Å². The monoisotopic (exact) mass is 398 g/mol. The van der Waals surface area contributed by atoms with Crippen LogP contribution in [0.2, 0.25) is 0 Å². The zero-order valence-corrected chi connectivity index (χ0v) is 16.5. The Morgan fingerprint density at radius 1 is 1.14 bits per heavy atom. The van der Waals surface area contributed by atoms with Gasteiger partial charge in [-0.1, -0.05) is 18.2 Å². The van der Waals surface area contributed by atoms with E-state index in [2.05, 4.69) is 0 Å². The molecule has 3 rings (SSSR count). The predicted octanol–water partition coefficient (Wildman–Crippen LogP) is 2.81. The molecule has 0 saturated carbocycles. The molecular formula is C21H22N2O4S. The van der Waals surface area contributed by atoms with Gasteiger partial charge >= 0.3 is 5.97 Å². The molecule has 1 aromatic carbocycles. The third kappa shape index (κ3) is 5.07. The van der Waals surface area contributed by atoms with Crippen LogP contribution in [0.3, 0.4) is 0 Å². The van der Waals surface area contributed by atoms with Gasteiger partial charge in [0.25, 0.3) is 0 Å². The van der Waals surface area contributed by atoms with Gasteiger partial charge in [-0.2, -0.15) is 0 Å². The summed E-state index contributed by atoms with van der Waals surface area (Å²) < 4.78 is 4.69. The zero-order valence-electron chi connectivity index (χ0n) is 15.7. The van der Waals surface area contributed by atoms with Crippen LogP contribution in [0.25, 0.3) is 6.08 Å². The molecule has 0 unspecified atom stereocenters. The molecule has 6 nitrogen and oxygen atoms in total. The van der Waals surface area contributed by atoms with E-state index in [9.17, 15) is 14.4 Å². The lowest BCUT2D eigenvalue weighted by Crippen LogP contribution is -2.34. The number of thiophene rings is 1. The fourth-order valence-electron chi connectivity index (χ4n) is 2.98. The fourth-order valence-corrected chi connectivity index (χ4v) is 3.60. The predicted molar refractivity (Wildman–Crippen MR) is 108 cm³/mol. The molecule has 28 heavy (non-hydrogen) atoms. The molecule has 2 heterocycles. The Morgan fingerprint density at radius 3 is 2.61 bits per heavy atom. The largest absolute Gasteiger partial charge is 0.465 e. The topological polar surface area (TPSA) is 66.9 Å². The molecule has 1 aliphatic rings. The van der Waals surface area contributed by atoms with E-state index >= 15 is 0 Å². The smallest absolute Gasteiger partial charge is 0.337 e. The minimum Gasteiger partial charge on any atom is -0.465 e. The molecule has 0 spiro atoms. The van der Waals surface area contributed by atoms with Gasteiger partial charge in [-0.25, -0.2) is 4.79 Å². The van der Waals surface area contributed by atoms with E-state index in [4.69, 9.17) is 4.74 Å². The summed E-state index contributed by atoms with van der Waals surface area (Å²) >= 11 is 1.57. The van der Waals surface area contributed by atoms with Crippen molar-refractivity contribution in [2.24, 2.45) is 0 Å². The molecule has 0 aliphatic carbocycles. The Balaban J connectivity index is 1.58. The number of amides is 2. The van der Waals surface area contributed by atoms with Crippen LogP contribution in [0.1, 0.15) is 27.2 Å². The molecular weight excluding hydrogens is 376 g/mol. The van der Waals surface area contributed by atoms with Crippen molar-refractivity contribution in [3.8, 4) is 0 Å². The second-order valence-corrected chi connectivity index (χ2v) is 7.41. The Kier molecular flexibility index (Phi) is 6.60. The Hall–Kier alpha value is -2.93. The van der Waals surface area contributed by atoms with E-state index < -0.39 is 0 Å². The molecule has 7 heteroatoms. The molecule has 1 aliphatic heterocycles. The van der Waals surface area contributed by atoms with Crippen molar-refractivity contribution >= 4 is 35.2 Å². The number of benzene rings is 1. The molecule has 0 bridgehead atoms. The highest BCUT2D eigenvalue weighted by Crippen LogP contribution is 2.14. The summed E-state index contributed by atoms with van der Waals surface area (Å²) in [6.07, 6.45) is 3.68. The first-order chi connectivity index (χ1) is 13.6. The molecule has 0 N–H and O–H groups in total. The lowest BCUT2D eigenvalue weighted by molar-refractivity contribution is -0.130. The van der Waals surface area contributed by atoms with Gasteiger partial charge in [-0.15, -0.1) is 11.3 Å². The number of hydrogen-bond donors (Lipinski definition) is 0. The highest BCUT2D eigenvalue weighted by atomic mass is 32.1. The van der Waals surface area contributed by atoms with Gasteiger partial charge in [0.15, 0.2) is 0 Å². The van der Waals surface area contributed by atoms with Crippen molar-refractivity contribution in [3.05, 3.63) is 63.9 Å². The maximum atomic E-state index is 12.5. The standard InChI is InChI=1S/C21H22N2O4S/c1-27-21(26)17-6-4-16(5-7-17)15-23-13-12-22(11-10-20(23)25)19(24)9-8-18-3-2-14-28-18/h2-9,14H,10-13,15H2,1H3. The van der Waals surface area contributed by atoms with Crippen LogP contribution in [0.5, 0.6) is 0 Å². The lowest BCUT2D eigenvalue weighted by atomic mass is 10.1. The third-order valence-electron chi connectivity index (χ3n) is 4.58. The van der Waals surface area contributed by atoms with Gasteiger partial charge < -0.3 is 14.5 Å². The second-order valence-electron chi connectivity index (χ2n) is 6.43. The number of esters is 1. The number of nitrogens with zero attached hydrogens (tertiary/aromatic N) is 2. The Bertz CT molecular complexity index is 859. The minimum absolute atomic E-state index is 0.0228. The van der Waals surface area contributed by atoms with Crippen molar-refractivity contribution in [3.63, 3.8) is 0 Å². The summed E-state index contributed by atoms with van der Waals surface area (Å²) in [5, 5.41) is 1.96. The van der Waals surface area contributed by atoms with E-state index in [0.29, 0.717) is 38.2 Å². The zero-order chi connectivity index (χ0) is 19.9. The average Bonchev–Trinajstić information content (AvgIpc) is 3.17. The lowest BCUT2D eigenvalue weighted by Gasteiger charge is -2.21. The highest BCUT2D eigenvalue weighted by Gasteiger charge is 2.23. The van der Waals surface area contributed by atoms with Crippen LogP contribution < -0.4 is 0 Å². The maximum absolute atomic E-state index is 12.5. The first kappa shape index (κ1) is 19.8. The third-order valence-corrected chi connectivity index (χ3v) is 5.42. The number of methoxy groups -OCH3 is 1. The Morgan fingerprint density at radius 2 is 1.93 bits per heavy atom. The van der Waals surface area contributed by atoms with Gasteiger partial charge in [0.1, 0.15) is 0 Å². The van der Waals surface area contributed by atoms with Crippen LogP contribution in [0.4, 0.5) is 0 Å².